The summed E-state index contributed by atoms with van der Waals surface area (Å²) in [6.07, 6.45) is 12.9. The van der Waals surface area contributed by atoms with Crippen molar-refractivity contribution in [3.05, 3.63) is 29.8 Å². The normalized spacial score (nSPS) is 15.7. The molecule has 0 aromatic heterocycles. The predicted molar refractivity (Wildman–Crippen MR) is 92.1 cm³/mol. The highest BCUT2D eigenvalue weighted by Crippen LogP contribution is 2.28. The van der Waals surface area contributed by atoms with Crippen molar-refractivity contribution in [1.29, 1.82) is 0 Å². The van der Waals surface area contributed by atoms with Gasteiger partial charge in [-0.25, -0.2) is 0 Å². The standard InChI is InChI=1S/C18H29N.ClH/c1-19(2)18-15-9-8-14-17(18)13-7-6-12-16-10-4-3-5-11-16;/h8-9,14-16H,3-7,10-13H2,1-2H3;1H. The van der Waals surface area contributed by atoms with Gasteiger partial charge in [0.2, 0.25) is 0 Å². The second-order valence-corrected chi connectivity index (χ2v) is 6.27. The number of halogens is 1. The highest BCUT2D eigenvalue weighted by atomic mass is 35.5. The van der Waals surface area contributed by atoms with Gasteiger partial charge < -0.3 is 4.90 Å². The van der Waals surface area contributed by atoms with Crippen molar-refractivity contribution in [1.82, 2.24) is 0 Å². The Hall–Kier alpha value is -0.690. The molecule has 0 heterocycles. The summed E-state index contributed by atoms with van der Waals surface area (Å²) >= 11 is 0. The van der Waals surface area contributed by atoms with Crippen LogP contribution in [-0.4, -0.2) is 14.1 Å². The van der Waals surface area contributed by atoms with Gasteiger partial charge in [0.25, 0.3) is 0 Å². The van der Waals surface area contributed by atoms with E-state index in [1.807, 2.05) is 0 Å². The van der Waals surface area contributed by atoms with Crippen molar-refractivity contribution in [3.63, 3.8) is 0 Å². The van der Waals surface area contributed by atoms with Gasteiger partial charge >= 0.3 is 0 Å². The summed E-state index contributed by atoms with van der Waals surface area (Å²) in [5.74, 6) is 1.04. The Kier molecular flexibility index (Phi) is 8.06. The van der Waals surface area contributed by atoms with Gasteiger partial charge in [0, 0.05) is 19.8 Å². The van der Waals surface area contributed by atoms with E-state index < -0.39 is 0 Å². The van der Waals surface area contributed by atoms with Crippen molar-refractivity contribution in [3.8, 4) is 0 Å². The van der Waals surface area contributed by atoms with E-state index >= 15 is 0 Å². The second kappa shape index (κ2) is 9.28. The van der Waals surface area contributed by atoms with Gasteiger partial charge in [0.05, 0.1) is 0 Å². The van der Waals surface area contributed by atoms with Gasteiger partial charge in [0.1, 0.15) is 0 Å². The van der Waals surface area contributed by atoms with Crippen LogP contribution in [0.4, 0.5) is 5.69 Å². The number of anilines is 1. The van der Waals surface area contributed by atoms with Crippen molar-refractivity contribution in [2.75, 3.05) is 19.0 Å². The highest BCUT2D eigenvalue weighted by molar-refractivity contribution is 5.85. The van der Waals surface area contributed by atoms with Crippen LogP contribution in [-0.2, 0) is 6.42 Å². The molecule has 0 spiro atoms. The van der Waals surface area contributed by atoms with E-state index in [0.29, 0.717) is 0 Å². The average molecular weight is 296 g/mol. The Labute approximate surface area is 131 Å². The monoisotopic (exact) mass is 295 g/mol. The van der Waals surface area contributed by atoms with Crippen molar-refractivity contribution in [2.45, 2.75) is 57.8 Å². The third kappa shape index (κ3) is 5.36. The second-order valence-electron chi connectivity index (χ2n) is 6.27. The molecule has 0 unspecified atom stereocenters. The van der Waals surface area contributed by atoms with Crippen LogP contribution in [0.2, 0.25) is 0 Å². The summed E-state index contributed by atoms with van der Waals surface area (Å²) in [7, 11) is 4.28. The van der Waals surface area contributed by atoms with Gasteiger partial charge in [-0.15, -0.1) is 12.4 Å². The maximum absolute atomic E-state index is 2.29. The minimum atomic E-state index is 0. The molecule has 1 fully saturated rings. The molecule has 20 heavy (non-hydrogen) atoms. The number of rotatable bonds is 6. The van der Waals surface area contributed by atoms with E-state index in [2.05, 4.69) is 43.3 Å². The summed E-state index contributed by atoms with van der Waals surface area (Å²) in [4.78, 5) is 2.23. The van der Waals surface area contributed by atoms with E-state index in [9.17, 15) is 0 Å². The molecule has 114 valence electrons. The number of aryl methyl sites for hydroxylation is 1. The van der Waals surface area contributed by atoms with Crippen LogP contribution in [0.15, 0.2) is 24.3 Å². The maximum Gasteiger partial charge on any atom is 0.0393 e. The number of hydrogen-bond donors (Lipinski definition) is 0. The van der Waals surface area contributed by atoms with E-state index in [0.717, 1.165) is 5.92 Å². The first-order chi connectivity index (χ1) is 9.27. The lowest BCUT2D eigenvalue weighted by atomic mass is 9.85. The number of para-hydroxylation sites is 1. The summed E-state index contributed by atoms with van der Waals surface area (Å²) in [6, 6.07) is 8.83. The molecule has 2 heteroatoms. The van der Waals surface area contributed by atoms with Gasteiger partial charge in [-0.3, -0.25) is 0 Å². The van der Waals surface area contributed by atoms with Gasteiger partial charge in [0.15, 0.2) is 0 Å². The number of nitrogens with zero attached hydrogens (tertiary/aromatic N) is 1. The average Bonchev–Trinajstić information content (AvgIpc) is 2.45. The fourth-order valence-corrected chi connectivity index (χ4v) is 3.38. The third-order valence-electron chi connectivity index (χ3n) is 4.51. The molecule has 0 atom stereocenters. The van der Waals surface area contributed by atoms with E-state index in [1.54, 1.807) is 0 Å². The molecule has 1 nitrogen and oxygen atoms in total. The van der Waals surface area contributed by atoms with Gasteiger partial charge in [-0.05, 0) is 30.4 Å². The smallest absolute Gasteiger partial charge is 0.0393 e. The molecule has 1 aliphatic carbocycles. The molecular formula is C18H30ClN. The SMILES string of the molecule is CN(C)c1ccccc1CCCCC1CCCCC1.Cl. The largest absolute Gasteiger partial charge is 0.377 e. The Morgan fingerprint density at radius 1 is 1.00 bits per heavy atom. The predicted octanol–water partition coefficient (Wildman–Crippen LogP) is 5.47. The molecule has 2 rings (SSSR count). The summed E-state index contributed by atoms with van der Waals surface area (Å²) < 4.78 is 0. The lowest BCUT2D eigenvalue weighted by Gasteiger charge is -2.21. The number of unbranched alkanes of at least 4 members (excludes halogenated alkanes) is 1. The molecular weight excluding hydrogens is 266 g/mol. The molecule has 1 aliphatic rings. The lowest BCUT2D eigenvalue weighted by molar-refractivity contribution is 0.330. The number of hydrogen-bond acceptors (Lipinski definition) is 1. The van der Waals surface area contributed by atoms with Crippen molar-refractivity contribution >= 4 is 18.1 Å². The Morgan fingerprint density at radius 2 is 1.70 bits per heavy atom. The van der Waals surface area contributed by atoms with Crippen LogP contribution in [0.5, 0.6) is 0 Å². The quantitative estimate of drug-likeness (QED) is 0.629. The van der Waals surface area contributed by atoms with E-state index in [-0.39, 0.29) is 12.4 Å². The molecule has 0 saturated heterocycles. The first-order valence-corrected chi connectivity index (χ1v) is 8.02. The van der Waals surface area contributed by atoms with Gasteiger partial charge in [-0.2, -0.15) is 0 Å². The van der Waals surface area contributed by atoms with Crippen LogP contribution in [0.25, 0.3) is 0 Å². The molecule has 0 N–H and O–H groups in total. The Morgan fingerprint density at radius 3 is 2.40 bits per heavy atom. The highest BCUT2D eigenvalue weighted by Gasteiger charge is 2.12. The van der Waals surface area contributed by atoms with E-state index in [1.165, 1.54) is 69.0 Å². The molecule has 0 bridgehead atoms. The van der Waals surface area contributed by atoms with Crippen LogP contribution < -0.4 is 4.90 Å². The van der Waals surface area contributed by atoms with Gasteiger partial charge in [-0.1, -0.05) is 63.1 Å². The van der Waals surface area contributed by atoms with Crippen LogP contribution >= 0.6 is 12.4 Å². The van der Waals surface area contributed by atoms with E-state index in [4.69, 9.17) is 0 Å². The first-order valence-electron chi connectivity index (χ1n) is 8.02. The Bertz CT molecular complexity index is 369. The minimum absolute atomic E-state index is 0. The first kappa shape index (κ1) is 17.4. The fraction of sp³-hybridized carbons (Fsp3) is 0.667. The summed E-state index contributed by atoms with van der Waals surface area (Å²) in [5, 5.41) is 0. The molecule has 1 aromatic rings. The summed E-state index contributed by atoms with van der Waals surface area (Å²) in [5.41, 5.74) is 2.90. The number of benzene rings is 1. The molecule has 0 aliphatic heterocycles. The summed E-state index contributed by atoms with van der Waals surface area (Å²) in [6.45, 7) is 0. The third-order valence-corrected chi connectivity index (χ3v) is 4.51. The van der Waals surface area contributed by atoms with Crippen molar-refractivity contribution < 1.29 is 0 Å². The van der Waals surface area contributed by atoms with Crippen LogP contribution in [0.3, 0.4) is 0 Å². The zero-order valence-corrected chi connectivity index (χ0v) is 13.9. The molecule has 0 radical (unpaired) electrons. The topological polar surface area (TPSA) is 3.24 Å². The zero-order chi connectivity index (χ0) is 13.5. The maximum atomic E-state index is 2.29. The molecule has 1 aromatic carbocycles. The minimum Gasteiger partial charge on any atom is -0.377 e. The van der Waals surface area contributed by atoms with Crippen LogP contribution in [0, 0.1) is 5.92 Å². The molecule has 0 amide bonds. The zero-order valence-electron chi connectivity index (χ0n) is 13.1. The van der Waals surface area contributed by atoms with Crippen molar-refractivity contribution in [2.24, 2.45) is 5.92 Å². The molecule has 1 saturated carbocycles. The van der Waals surface area contributed by atoms with Crippen LogP contribution in [0.1, 0.15) is 56.9 Å². The fourth-order valence-electron chi connectivity index (χ4n) is 3.38. The lowest BCUT2D eigenvalue weighted by Crippen LogP contribution is -2.11. The Balaban J connectivity index is 0.00000200.